The Morgan fingerprint density at radius 3 is 1.98 bits per heavy atom. The molecule has 0 bridgehead atoms. The van der Waals surface area contributed by atoms with E-state index in [1.54, 1.807) is 24.3 Å². The number of hydrogen-bond acceptors (Lipinski definition) is 16. The summed E-state index contributed by atoms with van der Waals surface area (Å²) in [5.41, 5.74) is 0.920. The van der Waals surface area contributed by atoms with Crippen molar-refractivity contribution in [3.8, 4) is 0 Å². The average molecular weight is 795 g/mol. The van der Waals surface area contributed by atoms with Crippen molar-refractivity contribution in [1.29, 1.82) is 0 Å². The van der Waals surface area contributed by atoms with E-state index in [1.807, 2.05) is 6.92 Å². The second kappa shape index (κ2) is 20.8. The van der Waals surface area contributed by atoms with Gasteiger partial charge in [0.25, 0.3) is 5.91 Å². The van der Waals surface area contributed by atoms with Gasteiger partial charge in [-0.3, -0.25) is 33.6 Å². The molecule has 3 rings (SSSR count). The van der Waals surface area contributed by atoms with Gasteiger partial charge in [-0.15, -0.1) is 0 Å². The third-order valence-corrected chi connectivity index (χ3v) is 10.1. The molecule has 2 aliphatic rings. The average Bonchev–Trinajstić information content (AvgIpc) is 3.10. The van der Waals surface area contributed by atoms with Gasteiger partial charge in [-0.2, -0.15) is 0 Å². The van der Waals surface area contributed by atoms with E-state index in [4.69, 9.17) is 33.2 Å². The maximum atomic E-state index is 13.8. The number of benzene rings is 1. The highest BCUT2D eigenvalue weighted by Crippen LogP contribution is 2.46. The maximum absolute atomic E-state index is 13.8. The van der Waals surface area contributed by atoms with Crippen molar-refractivity contribution < 1.29 is 71.5 Å². The molecule has 1 saturated carbocycles. The molecule has 304 valence electrons. The summed E-state index contributed by atoms with van der Waals surface area (Å²) >= 11 is 0.910. The molecule has 2 fully saturated rings. The molecular formula is C37H50N2O15S. The van der Waals surface area contributed by atoms with Gasteiger partial charge in [0, 0.05) is 52.4 Å². The first-order chi connectivity index (χ1) is 25.9. The van der Waals surface area contributed by atoms with Crippen LogP contribution in [0.2, 0.25) is 0 Å². The molecule has 0 radical (unpaired) electrons. The van der Waals surface area contributed by atoms with Gasteiger partial charge in [0.05, 0.1) is 19.7 Å². The molecule has 1 aliphatic heterocycles. The molecule has 1 heterocycles. The third-order valence-electron chi connectivity index (χ3n) is 8.81. The summed E-state index contributed by atoms with van der Waals surface area (Å²) in [5, 5.41) is 5.34. The van der Waals surface area contributed by atoms with Crippen LogP contribution in [0.3, 0.4) is 0 Å². The SMILES string of the molecule is COC(=O)[C@@]1(Sc2ccc(C)cc2)C[C@H](OC(C)=O)[C@@H](NC(=O)COC(C)=O)[C@H]([C@H](OC(C)=O)[C@@H](CNC(=O)CC2CCC(OC(C)=O)CC2)OC(C)=O)O1. The highest BCUT2D eigenvalue weighted by molar-refractivity contribution is 8.01. The fourth-order valence-electron chi connectivity index (χ4n) is 6.53. The summed E-state index contributed by atoms with van der Waals surface area (Å²) < 4.78 is 38.9. The van der Waals surface area contributed by atoms with Gasteiger partial charge in [-0.1, -0.05) is 29.5 Å². The number of esters is 6. The van der Waals surface area contributed by atoms with E-state index in [2.05, 4.69) is 10.6 Å². The molecule has 18 heteroatoms. The molecule has 2 N–H and O–H groups in total. The van der Waals surface area contributed by atoms with Crippen molar-refractivity contribution in [2.45, 2.75) is 126 Å². The van der Waals surface area contributed by atoms with Gasteiger partial charge < -0.3 is 43.8 Å². The summed E-state index contributed by atoms with van der Waals surface area (Å²) in [5.74, 6) is -5.90. The number of aryl methyl sites for hydroxylation is 1. The van der Waals surface area contributed by atoms with Gasteiger partial charge in [-0.25, -0.2) is 4.79 Å². The highest BCUT2D eigenvalue weighted by atomic mass is 32.2. The van der Waals surface area contributed by atoms with Gasteiger partial charge >= 0.3 is 35.8 Å². The Balaban J connectivity index is 2.06. The Bertz CT molecular complexity index is 1560. The zero-order valence-electron chi connectivity index (χ0n) is 32.0. The smallest absolute Gasteiger partial charge is 0.349 e. The van der Waals surface area contributed by atoms with E-state index in [-0.39, 0.29) is 24.4 Å². The Morgan fingerprint density at radius 2 is 1.44 bits per heavy atom. The van der Waals surface area contributed by atoms with E-state index in [0.29, 0.717) is 30.6 Å². The Labute approximate surface area is 323 Å². The number of thioether (sulfide) groups is 1. The summed E-state index contributed by atoms with van der Waals surface area (Å²) in [6.07, 6.45) is -4.23. The van der Waals surface area contributed by atoms with Crippen molar-refractivity contribution >= 4 is 59.4 Å². The highest BCUT2D eigenvalue weighted by Gasteiger charge is 2.59. The predicted octanol–water partition coefficient (Wildman–Crippen LogP) is 2.22. The van der Waals surface area contributed by atoms with Crippen LogP contribution in [0.15, 0.2) is 29.2 Å². The lowest BCUT2D eigenvalue weighted by atomic mass is 9.85. The quantitative estimate of drug-likeness (QED) is 0.181. The molecule has 1 aromatic carbocycles. The van der Waals surface area contributed by atoms with Crippen LogP contribution in [0.25, 0.3) is 0 Å². The molecule has 17 nitrogen and oxygen atoms in total. The fourth-order valence-corrected chi connectivity index (χ4v) is 7.75. The number of methoxy groups -OCH3 is 1. The van der Waals surface area contributed by atoms with E-state index < -0.39 is 96.6 Å². The molecule has 0 aromatic heterocycles. The molecule has 0 spiro atoms. The van der Waals surface area contributed by atoms with Crippen molar-refractivity contribution in [2.75, 3.05) is 20.3 Å². The first kappa shape index (κ1) is 44.7. The van der Waals surface area contributed by atoms with Crippen LogP contribution < -0.4 is 10.6 Å². The van der Waals surface area contributed by atoms with E-state index >= 15 is 0 Å². The summed E-state index contributed by atoms with van der Waals surface area (Å²) in [7, 11) is 1.12. The molecule has 55 heavy (non-hydrogen) atoms. The lowest BCUT2D eigenvalue weighted by Crippen LogP contribution is -2.68. The molecule has 1 aromatic rings. The predicted molar refractivity (Wildman–Crippen MR) is 192 cm³/mol. The number of amides is 2. The van der Waals surface area contributed by atoms with Crippen molar-refractivity contribution in [1.82, 2.24) is 10.6 Å². The molecule has 6 atom stereocenters. The van der Waals surface area contributed by atoms with Crippen molar-refractivity contribution in [3.05, 3.63) is 29.8 Å². The molecular weight excluding hydrogens is 744 g/mol. The molecule has 1 saturated heterocycles. The van der Waals surface area contributed by atoms with Crippen LogP contribution in [0.1, 0.15) is 78.7 Å². The van der Waals surface area contributed by atoms with Crippen LogP contribution in [0.5, 0.6) is 0 Å². The fraction of sp³-hybridized carbons (Fsp3) is 0.622. The van der Waals surface area contributed by atoms with Crippen LogP contribution in [0.4, 0.5) is 0 Å². The maximum Gasteiger partial charge on any atom is 0.349 e. The van der Waals surface area contributed by atoms with E-state index in [0.717, 1.165) is 52.1 Å². The molecule has 1 aliphatic carbocycles. The van der Waals surface area contributed by atoms with Crippen LogP contribution in [0, 0.1) is 12.8 Å². The Hall–Kier alpha value is -4.71. The van der Waals surface area contributed by atoms with E-state index in [1.165, 1.54) is 6.92 Å². The zero-order valence-corrected chi connectivity index (χ0v) is 32.9. The normalized spacial score (nSPS) is 24.5. The summed E-state index contributed by atoms with van der Waals surface area (Å²) in [6, 6.07) is 5.61. The standard InChI is InChI=1S/C37H50N2O15S/c1-20-8-14-28(15-9-20)55-37(36(47)48-7)17-29(51-23(4)42)33(39-32(46)19-49-21(2)40)35(54-37)34(53-25(6)44)30(52-24(5)43)18-38-31(45)16-26-10-12-27(13-11-26)50-22(3)41/h8-9,14-15,26-27,29-30,33-35H,10-13,16-19H2,1-7H3,(H,38,45)(H,39,46)/t26?,27?,29-,30+,33+,34+,35+,37-/m0/s1. The number of rotatable bonds is 16. The number of hydrogen-bond donors (Lipinski definition) is 2. The van der Waals surface area contributed by atoms with Crippen LogP contribution >= 0.6 is 11.8 Å². The van der Waals surface area contributed by atoms with Crippen LogP contribution in [-0.4, -0.2) is 109 Å². The largest absolute Gasteiger partial charge is 0.466 e. The first-order valence-corrected chi connectivity index (χ1v) is 18.6. The van der Waals surface area contributed by atoms with Gasteiger partial charge in [0.15, 0.2) is 18.8 Å². The number of nitrogens with one attached hydrogen (secondary N) is 2. The minimum absolute atomic E-state index is 0.0225. The lowest BCUT2D eigenvalue weighted by Gasteiger charge is -2.48. The summed E-state index contributed by atoms with van der Waals surface area (Å²) in [4.78, 5) is 99.5. The number of ether oxygens (including phenoxy) is 7. The second-order valence-corrected chi connectivity index (χ2v) is 14.8. The topological polar surface area (TPSA) is 225 Å². The monoisotopic (exact) mass is 794 g/mol. The molecule has 2 amide bonds. The zero-order chi connectivity index (χ0) is 40.9. The number of carbonyl (C=O) groups excluding carboxylic acids is 8. The van der Waals surface area contributed by atoms with Crippen molar-refractivity contribution in [3.63, 3.8) is 0 Å². The van der Waals surface area contributed by atoms with Gasteiger partial charge in [-0.05, 0) is 50.7 Å². The van der Waals surface area contributed by atoms with Crippen molar-refractivity contribution in [2.24, 2.45) is 5.92 Å². The number of carbonyl (C=O) groups is 8. The minimum Gasteiger partial charge on any atom is -0.466 e. The first-order valence-electron chi connectivity index (χ1n) is 17.8. The van der Waals surface area contributed by atoms with Gasteiger partial charge in [0.1, 0.15) is 18.3 Å². The van der Waals surface area contributed by atoms with Gasteiger partial charge in [0.2, 0.25) is 10.8 Å². The van der Waals surface area contributed by atoms with E-state index in [9.17, 15) is 38.4 Å². The van der Waals surface area contributed by atoms with Crippen LogP contribution in [-0.2, 0) is 71.5 Å². The molecule has 0 unspecified atom stereocenters. The Morgan fingerprint density at radius 1 is 0.818 bits per heavy atom. The minimum atomic E-state index is -2.01. The summed E-state index contributed by atoms with van der Waals surface area (Å²) in [6.45, 7) is 6.40. The lowest BCUT2D eigenvalue weighted by molar-refractivity contribution is -0.221. The Kier molecular flexibility index (Phi) is 16.9. The third kappa shape index (κ3) is 14.1. The second-order valence-electron chi connectivity index (χ2n) is 13.4.